The number of hydrogen-bond acceptors (Lipinski definition) is 3. The summed E-state index contributed by atoms with van der Waals surface area (Å²) in [5.74, 6) is -2.74. The van der Waals surface area contributed by atoms with Crippen LogP contribution in [0.5, 0.6) is 0 Å². The Morgan fingerprint density at radius 2 is 1.91 bits per heavy atom. The number of rotatable bonds is 4. The zero-order valence-corrected chi connectivity index (χ0v) is 6.15. The van der Waals surface area contributed by atoms with Crippen molar-refractivity contribution in [1.29, 1.82) is 0 Å². The van der Waals surface area contributed by atoms with E-state index in [4.69, 9.17) is 15.9 Å². The molecular formula is C6H11NO4. The minimum atomic E-state index is -1.17. The maximum Gasteiger partial charge on any atom is 0.320 e. The molecule has 0 amide bonds. The Labute approximate surface area is 63.8 Å². The Balaban J connectivity index is 3.92. The number of carbonyl (C=O) groups is 2. The molecule has 64 valence electrons. The summed E-state index contributed by atoms with van der Waals surface area (Å²) in [5, 5.41) is 16.6. The Hall–Kier alpha value is -1.10. The second-order valence-corrected chi connectivity index (χ2v) is 2.44. The molecule has 0 aliphatic carbocycles. The molecule has 0 rings (SSSR count). The molecule has 1 unspecified atom stereocenters. The highest BCUT2D eigenvalue weighted by Crippen LogP contribution is 2.05. The first-order valence-electron chi connectivity index (χ1n) is 3.15. The Bertz CT molecular complexity index is 168. The normalized spacial score (nSPS) is 15.5. The van der Waals surface area contributed by atoms with Crippen molar-refractivity contribution in [2.45, 2.75) is 19.4 Å². The summed E-state index contributed by atoms with van der Waals surface area (Å²) in [5.41, 5.74) is 5.15. The van der Waals surface area contributed by atoms with E-state index in [0.717, 1.165) is 0 Å². The van der Waals surface area contributed by atoms with Crippen molar-refractivity contribution in [2.75, 3.05) is 0 Å². The third-order valence-electron chi connectivity index (χ3n) is 1.39. The highest BCUT2D eigenvalue weighted by atomic mass is 16.4. The molecule has 0 radical (unpaired) electrons. The molecule has 0 aromatic rings. The van der Waals surface area contributed by atoms with Crippen LogP contribution in [-0.4, -0.2) is 28.2 Å². The number of hydrogen-bond donors (Lipinski definition) is 3. The fourth-order valence-electron chi connectivity index (χ4n) is 0.646. The van der Waals surface area contributed by atoms with E-state index in [0.29, 0.717) is 0 Å². The molecule has 2 atom stereocenters. The van der Waals surface area contributed by atoms with Crippen molar-refractivity contribution in [3.05, 3.63) is 0 Å². The van der Waals surface area contributed by atoms with Crippen LogP contribution in [-0.2, 0) is 9.59 Å². The van der Waals surface area contributed by atoms with E-state index in [2.05, 4.69) is 0 Å². The maximum absolute atomic E-state index is 10.2. The molecule has 0 spiro atoms. The Kier molecular flexibility index (Phi) is 3.53. The molecule has 0 aromatic carbocycles. The third-order valence-corrected chi connectivity index (χ3v) is 1.39. The van der Waals surface area contributed by atoms with Crippen molar-refractivity contribution in [3.8, 4) is 0 Å². The number of carboxylic acids is 2. The van der Waals surface area contributed by atoms with Crippen molar-refractivity contribution in [3.63, 3.8) is 0 Å². The van der Waals surface area contributed by atoms with Gasteiger partial charge in [0.05, 0.1) is 0 Å². The highest BCUT2D eigenvalue weighted by Gasteiger charge is 2.21. The van der Waals surface area contributed by atoms with Gasteiger partial charge in [0.1, 0.15) is 6.04 Å². The van der Waals surface area contributed by atoms with Gasteiger partial charge in [0.15, 0.2) is 0 Å². The Morgan fingerprint density at radius 1 is 1.45 bits per heavy atom. The van der Waals surface area contributed by atoms with E-state index in [1.807, 2.05) is 0 Å². The largest absolute Gasteiger partial charge is 0.481 e. The molecule has 0 bridgehead atoms. The van der Waals surface area contributed by atoms with Gasteiger partial charge >= 0.3 is 11.9 Å². The molecule has 0 fully saturated rings. The van der Waals surface area contributed by atoms with Gasteiger partial charge < -0.3 is 15.9 Å². The summed E-state index contributed by atoms with van der Waals surface area (Å²) in [6.07, 6.45) is -0.215. The fourth-order valence-corrected chi connectivity index (χ4v) is 0.646. The van der Waals surface area contributed by atoms with Gasteiger partial charge in [-0.15, -0.1) is 0 Å². The summed E-state index contributed by atoms with van der Waals surface area (Å²) in [4.78, 5) is 20.3. The van der Waals surface area contributed by atoms with Crippen LogP contribution in [0, 0.1) is 5.92 Å². The van der Waals surface area contributed by atoms with Crippen molar-refractivity contribution in [2.24, 2.45) is 11.7 Å². The monoisotopic (exact) mass is 161 g/mol. The van der Waals surface area contributed by atoms with E-state index >= 15 is 0 Å². The van der Waals surface area contributed by atoms with E-state index in [9.17, 15) is 9.59 Å². The molecule has 4 N–H and O–H groups in total. The van der Waals surface area contributed by atoms with E-state index < -0.39 is 23.9 Å². The molecule has 5 heteroatoms. The molecular weight excluding hydrogens is 150 g/mol. The van der Waals surface area contributed by atoms with Gasteiger partial charge in [-0.1, -0.05) is 6.92 Å². The first kappa shape index (κ1) is 9.90. The van der Waals surface area contributed by atoms with Crippen LogP contribution in [0.4, 0.5) is 0 Å². The molecule has 5 nitrogen and oxygen atoms in total. The van der Waals surface area contributed by atoms with Crippen LogP contribution in [0.2, 0.25) is 0 Å². The fraction of sp³-hybridized carbons (Fsp3) is 0.667. The molecule has 11 heavy (non-hydrogen) atoms. The van der Waals surface area contributed by atoms with Crippen LogP contribution < -0.4 is 5.73 Å². The van der Waals surface area contributed by atoms with E-state index in [-0.39, 0.29) is 6.42 Å². The summed E-state index contributed by atoms with van der Waals surface area (Å²) in [6, 6.07) is -1.09. The van der Waals surface area contributed by atoms with Gasteiger partial charge in [0, 0.05) is 6.42 Å². The molecule has 0 aliphatic heterocycles. The van der Waals surface area contributed by atoms with Gasteiger partial charge in [-0.2, -0.15) is 0 Å². The zero-order valence-electron chi connectivity index (χ0n) is 6.15. The van der Waals surface area contributed by atoms with Gasteiger partial charge in [0.25, 0.3) is 0 Å². The minimum absolute atomic E-state index is 0.215. The standard InChI is InChI=1S/C6H11NO4/c1-3(2-4(8)9)5(7)6(10)11/h3,5H,2,7H2,1H3,(H,8,9)(H,10,11)/t3?,5-/m1/s1. The lowest BCUT2D eigenvalue weighted by Gasteiger charge is -2.12. The number of carboxylic acid groups (broad SMARTS) is 2. The van der Waals surface area contributed by atoms with Crippen LogP contribution in [0.3, 0.4) is 0 Å². The zero-order chi connectivity index (χ0) is 9.02. The average Bonchev–Trinajstić information content (AvgIpc) is 1.84. The minimum Gasteiger partial charge on any atom is -0.481 e. The lowest BCUT2D eigenvalue weighted by atomic mass is 10.00. The highest BCUT2D eigenvalue weighted by molar-refractivity contribution is 5.75. The molecule has 0 aliphatic rings. The molecule has 0 saturated heterocycles. The second-order valence-electron chi connectivity index (χ2n) is 2.44. The summed E-state index contributed by atoms with van der Waals surface area (Å²) >= 11 is 0. The van der Waals surface area contributed by atoms with Crippen molar-refractivity contribution in [1.82, 2.24) is 0 Å². The van der Waals surface area contributed by atoms with E-state index in [1.54, 1.807) is 0 Å². The molecule has 0 aromatic heterocycles. The second kappa shape index (κ2) is 3.92. The first-order valence-corrected chi connectivity index (χ1v) is 3.15. The summed E-state index contributed by atoms with van der Waals surface area (Å²) < 4.78 is 0. The number of aliphatic carboxylic acids is 2. The van der Waals surface area contributed by atoms with Gasteiger partial charge in [-0.3, -0.25) is 9.59 Å². The molecule has 0 heterocycles. The summed E-state index contributed by atoms with van der Waals surface area (Å²) in [7, 11) is 0. The third kappa shape index (κ3) is 3.57. The average molecular weight is 161 g/mol. The van der Waals surface area contributed by atoms with Gasteiger partial charge in [-0.05, 0) is 5.92 Å². The number of nitrogens with two attached hydrogens (primary N) is 1. The van der Waals surface area contributed by atoms with Gasteiger partial charge in [-0.25, -0.2) is 0 Å². The first-order chi connectivity index (χ1) is 4.95. The van der Waals surface area contributed by atoms with Gasteiger partial charge in [0.2, 0.25) is 0 Å². The van der Waals surface area contributed by atoms with Crippen LogP contribution in [0.25, 0.3) is 0 Å². The van der Waals surface area contributed by atoms with E-state index in [1.165, 1.54) is 6.92 Å². The maximum atomic E-state index is 10.2. The molecule has 0 saturated carbocycles. The van der Waals surface area contributed by atoms with Crippen LogP contribution >= 0.6 is 0 Å². The lowest BCUT2D eigenvalue weighted by Crippen LogP contribution is -2.37. The van der Waals surface area contributed by atoms with Crippen molar-refractivity contribution < 1.29 is 19.8 Å². The predicted octanol–water partition coefficient (Wildman–Crippen LogP) is -0.491. The van der Waals surface area contributed by atoms with Crippen molar-refractivity contribution >= 4 is 11.9 Å². The predicted molar refractivity (Wildman–Crippen MR) is 37.0 cm³/mol. The Morgan fingerprint density at radius 3 is 2.18 bits per heavy atom. The van der Waals surface area contributed by atoms with Crippen LogP contribution in [0.15, 0.2) is 0 Å². The quantitative estimate of drug-likeness (QED) is 0.516. The lowest BCUT2D eigenvalue weighted by molar-refractivity contribution is -0.141. The topological polar surface area (TPSA) is 101 Å². The van der Waals surface area contributed by atoms with Crippen LogP contribution in [0.1, 0.15) is 13.3 Å². The SMILES string of the molecule is CC(CC(=O)O)[C@@H](N)C(=O)O. The summed E-state index contributed by atoms with van der Waals surface area (Å²) in [6.45, 7) is 1.49. The smallest absolute Gasteiger partial charge is 0.320 e.